The fourth-order valence-corrected chi connectivity index (χ4v) is 2.08. The highest BCUT2D eigenvalue weighted by molar-refractivity contribution is 9.10. The molecule has 16 heavy (non-hydrogen) atoms. The van der Waals surface area contributed by atoms with E-state index in [1.165, 1.54) is 0 Å². The van der Waals surface area contributed by atoms with Crippen molar-refractivity contribution in [3.63, 3.8) is 0 Å². The molecule has 0 aliphatic carbocycles. The third-order valence-electron chi connectivity index (χ3n) is 2.87. The summed E-state index contributed by atoms with van der Waals surface area (Å²) in [5.74, 6) is 1.21. The Morgan fingerprint density at radius 1 is 1.50 bits per heavy atom. The maximum Gasteiger partial charge on any atom is 0.324 e. The van der Waals surface area contributed by atoms with E-state index in [4.69, 9.17) is 4.42 Å². The van der Waals surface area contributed by atoms with E-state index in [0.29, 0.717) is 10.6 Å². The minimum atomic E-state index is -0.0752. The van der Waals surface area contributed by atoms with Crippen LogP contribution >= 0.6 is 15.9 Å². The summed E-state index contributed by atoms with van der Waals surface area (Å²) in [6.07, 6.45) is 2.16. The first kappa shape index (κ1) is 11.5. The Morgan fingerprint density at radius 3 is 2.75 bits per heavy atom. The summed E-state index contributed by atoms with van der Waals surface area (Å²) >= 11 is 3.19. The van der Waals surface area contributed by atoms with Crippen LogP contribution in [-0.4, -0.2) is 24.0 Å². The topological polar surface area (TPSA) is 45.5 Å². The van der Waals surface area contributed by atoms with Crippen molar-refractivity contribution in [1.29, 1.82) is 0 Å². The van der Waals surface area contributed by atoms with Crippen molar-refractivity contribution in [3.05, 3.63) is 16.8 Å². The van der Waals surface area contributed by atoms with E-state index >= 15 is 0 Å². The number of amides is 2. The number of halogens is 1. The van der Waals surface area contributed by atoms with E-state index in [1.807, 2.05) is 4.90 Å². The average molecular weight is 287 g/mol. The predicted molar refractivity (Wildman–Crippen MR) is 65.4 cm³/mol. The van der Waals surface area contributed by atoms with Crippen molar-refractivity contribution >= 4 is 27.8 Å². The number of carbonyl (C=O) groups excluding carboxylic acids is 1. The maximum atomic E-state index is 11.8. The summed E-state index contributed by atoms with van der Waals surface area (Å²) in [4.78, 5) is 13.7. The first-order chi connectivity index (χ1) is 7.65. The van der Waals surface area contributed by atoms with Crippen LogP contribution in [-0.2, 0) is 0 Å². The van der Waals surface area contributed by atoms with Crippen molar-refractivity contribution in [2.45, 2.75) is 19.8 Å². The van der Waals surface area contributed by atoms with E-state index in [0.717, 1.165) is 31.8 Å². The van der Waals surface area contributed by atoms with Crippen LogP contribution in [0.3, 0.4) is 0 Å². The van der Waals surface area contributed by atoms with Gasteiger partial charge in [-0.1, -0.05) is 6.92 Å². The Hall–Kier alpha value is -0.970. The van der Waals surface area contributed by atoms with Crippen LogP contribution < -0.4 is 5.32 Å². The number of nitrogens with one attached hydrogen (secondary N) is 1. The number of hydrogen-bond acceptors (Lipinski definition) is 2. The van der Waals surface area contributed by atoms with Gasteiger partial charge in [-0.3, -0.25) is 5.32 Å². The largest absolute Gasteiger partial charge is 0.434 e. The highest BCUT2D eigenvalue weighted by Crippen LogP contribution is 2.20. The van der Waals surface area contributed by atoms with Gasteiger partial charge in [0.1, 0.15) is 0 Å². The van der Waals surface area contributed by atoms with E-state index in [-0.39, 0.29) is 6.03 Å². The first-order valence-corrected chi connectivity index (χ1v) is 6.25. The molecule has 2 rings (SSSR count). The van der Waals surface area contributed by atoms with Crippen LogP contribution in [0.5, 0.6) is 0 Å². The summed E-state index contributed by atoms with van der Waals surface area (Å²) in [5.41, 5.74) is 0. The molecule has 4 nitrogen and oxygen atoms in total. The molecule has 1 saturated heterocycles. The van der Waals surface area contributed by atoms with Gasteiger partial charge >= 0.3 is 6.03 Å². The van der Waals surface area contributed by atoms with Gasteiger partial charge in [0.25, 0.3) is 0 Å². The Morgan fingerprint density at radius 2 is 2.19 bits per heavy atom. The Balaban J connectivity index is 1.88. The molecule has 0 saturated carbocycles. The van der Waals surface area contributed by atoms with Crippen LogP contribution in [0, 0.1) is 5.92 Å². The molecule has 1 fully saturated rings. The fourth-order valence-electron chi connectivity index (χ4n) is 1.78. The zero-order valence-electron chi connectivity index (χ0n) is 9.20. The molecule has 88 valence electrons. The van der Waals surface area contributed by atoms with Crippen LogP contribution in [0.2, 0.25) is 0 Å². The number of anilines is 1. The number of hydrogen-bond donors (Lipinski definition) is 1. The zero-order chi connectivity index (χ0) is 11.5. The lowest BCUT2D eigenvalue weighted by Gasteiger charge is -2.29. The van der Waals surface area contributed by atoms with Crippen molar-refractivity contribution < 1.29 is 9.21 Å². The van der Waals surface area contributed by atoms with E-state index < -0.39 is 0 Å². The third kappa shape index (κ3) is 2.78. The molecular weight excluding hydrogens is 272 g/mol. The Labute approximate surface area is 103 Å². The van der Waals surface area contributed by atoms with Crippen molar-refractivity contribution in [3.8, 4) is 0 Å². The predicted octanol–water partition coefficient (Wildman–Crippen LogP) is 3.31. The number of likely N-dealkylation sites (tertiary alicyclic amines) is 1. The average Bonchev–Trinajstić information content (AvgIpc) is 2.65. The summed E-state index contributed by atoms with van der Waals surface area (Å²) in [6, 6.07) is 3.41. The monoisotopic (exact) mass is 286 g/mol. The number of furan rings is 1. The maximum absolute atomic E-state index is 11.8. The van der Waals surface area contributed by atoms with Gasteiger partial charge in [-0.05, 0) is 40.8 Å². The zero-order valence-corrected chi connectivity index (χ0v) is 10.8. The van der Waals surface area contributed by atoms with Gasteiger partial charge in [-0.2, -0.15) is 0 Å². The minimum absolute atomic E-state index is 0.0752. The molecule has 0 aromatic carbocycles. The lowest BCUT2D eigenvalue weighted by molar-refractivity contribution is 0.186. The van der Waals surface area contributed by atoms with E-state index in [9.17, 15) is 4.79 Å². The quantitative estimate of drug-likeness (QED) is 0.861. The van der Waals surface area contributed by atoms with E-state index in [1.54, 1.807) is 12.1 Å². The number of urea groups is 1. The molecule has 0 radical (unpaired) electrons. The Bertz CT molecular complexity index is 370. The molecule has 1 aliphatic rings. The SMILES string of the molecule is CC1CCN(C(=O)Nc2ccc(Br)o2)CC1. The summed E-state index contributed by atoms with van der Waals surface area (Å²) in [6.45, 7) is 3.88. The summed E-state index contributed by atoms with van der Waals surface area (Å²) < 4.78 is 5.84. The first-order valence-electron chi connectivity index (χ1n) is 5.46. The smallest absolute Gasteiger partial charge is 0.324 e. The minimum Gasteiger partial charge on any atom is -0.434 e. The number of carbonyl (C=O) groups is 1. The molecule has 0 atom stereocenters. The molecule has 0 unspecified atom stereocenters. The van der Waals surface area contributed by atoms with Gasteiger partial charge in [0.15, 0.2) is 4.67 Å². The van der Waals surface area contributed by atoms with Gasteiger partial charge in [-0.15, -0.1) is 0 Å². The van der Waals surface area contributed by atoms with Crippen molar-refractivity contribution in [2.24, 2.45) is 5.92 Å². The van der Waals surface area contributed by atoms with Gasteiger partial charge in [0, 0.05) is 19.2 Å². The van der Waals surface area contributed by atoms with Gasteiger partial charge < -0.3 is 9.32 Å². The molecular formula is C11H15BrN2O2. The lowest BCUT2D eigenvalue weighted by atomic mass is 10.00. The second kappa shape index (κ2) is 4.91. The lowest BCUT2D eigenvalue weighted by Crippen LogP contribution is -2.40. The number of rotatable bonds is 1. The van der Waals surface area contributed by atoms with Crippen molar-refractivity contribution in [1.82, 2.24) is 4.90 Å². The molecule has 1 N–H and O–H groups in total. The van der Waals surface area contributed by atoms with E-state index in [2.05, 4.69) is 28.2 Å². The second-order valence-corrected chi connectivity index (χ2v) is 4.99. The molecule has 1 aromatic rings. The fraction of sp³-hybridized carbons (Fsp3) is 0.545. The van der Waals surface area contributed by atoms with Crippen LogP contribution in [0.15, 0.2) is 21.2 Å². The molecule has 2 amide bonds. The second-order valence-electron chi connectivity index (χ2n) is 4.20. The van der Waals surface area contributed by atoms with Gasteiger partial charge in [0.2, 0.25) is 5.88 Å². The third-order valence-corrected chi connectivity index (χ3v) is 3.30. The summed E-state index contributed by atoms with van der Waals surface area (Å²) in [7, 11) is 0. The molecule has 0 spiro atoms. The molecule has 1 aromatic heterocycles. The van der Waals surface area contributed by atoms with Crippen LogP contribution in [0.4, 0.5) is 10.7 Å². The standard InChI is InChI=1S/C11H15BrN2O2/c1-8-4-6-14(7-5-8)11(15)13-10-3-2-9(12)16-10/h2-3,8H,4-7H2,1H3,(H,13,15). The molecule has 0 bridgehead atoms. The molecule has 2 heterocycles. The molecule has 1 aliphatic heterocycles. The van der Waals surface area contributed by atoms with Crippen LogP contribution in [0.1, 0.15) is 19.8 Å². The Kier molecular flexibility index (Phi) is 3.53. The van der Waals surface area contributed by atoms with Crippen molar-refractivity contribution in [2.75, 3.05) is 18.4 Å². The summed E-state index contributed by atoms with van der Waals surface area (Å²) in [5, 5.41) is 2.74. The highest BCUT2D eigenvalue weighted by Gasteiger charge is 2.20. The molecule has 5 heteroatoms. The highest BCUT2D eigenvalue weighted by atomic mass is 79.9. The normalized spacial score (nSPS) is 17.5. The number of piperidine rings is 1. The van der Waals surface area contributed by atoms with Gasteiger partial charge in [-0.25, -0.2) is 4.79 Å². The van der Waals surface area contributed by atoms with Crippen LogP contribution in [0.25, 0.3) is 0 Å². The number of nitrogens with zero attached hydrogens (tertiary/aromatic N) is 1. The van der Waals surface area contributed by atoms with Gasteiger partial charge in [0.05, 0.1) is 0 Å².